The van der Waals surface area contributed by atoms with Crippen molar-refractivity contribution in [2.75, 3.05) is 26.2 Å². The molecule has 0 bridgehead atoms. The van der Waals surface area contributed by atoms with Gasteiger partial charge in [0.05, 0.1) is 17.7 Å². The highest BCUT2D eigenvalue weighted by atomic mass is 16.6. The number of aliphatic hydroxyl groups is 1. The van der Waals surface area contributed by atoms with Gasteiger partial charge < -0.3 is 36.3 Å². The molecule has 240 valence electrons. The van der Waals surface area contributed by atoms with E-state index in [0.29, 0.717) is 44.0 Å². The molecule has 0 aromatic heterocycles. The molecular formula is C32H56N4O6. The van der Waals surface area contributed by atoms with E-state index in [-0.39, 0.29) is 36.0 Å². The molecule has 0 fully saturated rings. The first-order valence-corrected chi connectivity index (χ1v) is 15.3. The molecule has 0 aliphatic rings. The monoisotopic (exact) mass is 592 g/mol. The van der Waals surface area contributed by atoms with Crippen LogP contribution in [-0.4, -0.2) is 67.0 Å². The van der Waals surface area contributed by atoms with Gasteiger partial charge in [-0.15, -0.1) is 0 Å². The Morgan fingerprint density at radius 3 is 2.24 bits per heavy atom. The van der Waals surface area contributed by atoms with Crippen LogP contribution in [-0.2, 0) is 9.53 Å². The minimum Gasteiger partial charge on any atom is -0.491 e. The number of benzene rings is 1. The largest absolute Gasteiger partial charge is 0.491 e. The lowest BCUT2D eigenvalue weighted by Gasteiger charge is -2.33. The van der Waals surface area contributed by atoms with Gasteiger partial charge in [0.15, 0.2) is 0 Å². The summed E-state index contributed by atoms with van der Waals surface area (Å²) < 4.78 is 11.1. The topological polar surface area (TPSA) is 152 Å². The molecule has 4 atom stereocenters. The molecule has 0 saturated carbocycles. The van der Waals surface area contributed by atoms with E-state index >= 15 is 0 Å². The van der Waals surface area contributed by atoms with Gasteiger partial charge in [-0.2, -0.15) is 0 Å². The minimum atomic E-state index is -1.01. The highest BCUT2D eigenvalue weighted by Gasteiger charge is 2.33. The van der Waals surface area contributed by atoms with Gasteiger partial charge in [0, 0.05) is 25.6 Å². The van der Waals surface area contributed by atoms with E-state index in [2.05, 4.69) is 22.9 Å². The summed E-state index contributed by atoms with van der Waals surface area (Å²) in [6, 6.07) is 6.28. The average molecular weight is 593 g/mol. The number of alkyl carbamates (subject to hydrolysis) is 1. The van der Waals surface area contributed by atoms with Gasteiger partial charge in [0.25, 0.3) is 5.91 Å². The van der Waals surface area contributed by atoms with Gasteiger partial charge in [-0.1, -0.05) is 53.2 Å². The van der Waals surface area contributed by atoms with Crippen LogP contribution in [0.25, 0.3) is 0 Å². The number of ether oxygens (including phenoxy) is 2. The van der Waals surface area contributed by atoms with E-state index in [9.17, 15) is 19.5 Å². The summed E-state index contributed by atoms with van der Waals surface area (Å²) in [6.07, 6.45) is 0.747. The summed E-state index contributed by atoms with van der Waals surface area (Å²) in [5.41, 5.74) is 5.25. The van der Waals surface area contributed by atoms with Crippen LogP contribution in [0.3, 0.4) is 0 Å². The number of amides is 3. The Labute approximate surface area is 252 Å². The molecule has 1 rings (SSSR count). The maximum Gasteiger partial charge on any atom is 0.407 e. The number of hydrogen-bond acceptors (Lipinski definition) is 7. The van der Waals surface area contributed by atoms with Crippen molar-refractivity contribution >= 4 is 17.9 Å². The van der Waals surface area contributed by atoms with Crippen LogP contribution in [0.2, 0.25) is 0 Å². The van der Waals surface area contributed by atoms with Crippen LogP contribution < -0.4 is 26.4 Å². The molecule has 0 radical (unpaired) electrons. The molecule has 0 saturated heterocycles. The number of para-hydroxylation sites is 1. The Morgan fingerprint density at radius 1 is 1.00 bits per heavy atom. The Hall–Kier alpha value is -2.85. The van der Waals surface area contributed by atoms with Gasteiger partial charge in [-0.3, -0.25) is 9.59 Å². The van der Waals surface area contributed by atoms with E-state index in [1.54, 1.807) is 45.0 Å². The molecule has 0 heterocycles. The molecule has 0 spiro atoms. The van der Waals surface area contributed by atoms with Crippen LogP contribution >= 0.6 is 0 Å². The summed E-state index contributed by atoms with van der Waals surface area (Å²) >= 11 is 0. The number of unbranched alkanes of at least 4 members (excludes halogenated alkanes) is 1. The molecule has 4 unspecified atom stereocenters. The van der Waals surface area contributed by atoms with Gasteiger partial charge in [0.2, 0.25) is 5.91 Å². The van der Waals surface area contributed by atoms with Gasteiger partial charge in [-0.25, -0.2) is 4.79 Å². The molecule has 6 N–H and O–H groups in total. The average Bonchev–Trinajstić information content (AvgIpc) is 2.90. The number of hydrogen-bond donors (Lipinski definition) is 5. The number of rotatable bonds is 18. The molecule has 3 amide bonds. The highest BCUT2D eigenvalue weighted by molar-refractivity contribution is 5.96. The molecule has 0 aliphatic heterocycles. The van der Waals surface area contributed by atoms with Gasteiger partial charge in [0.1, 0.15) is 18.0 Å². The number of nitrogens with two attached hydrogens (primary N) is 1. The van der Waals surface area contributed by atoms with Crippen molar-refractivity contribution in [2.45, 2.75) is 98.8 Å². The van der Waals surface area contributed by atoms with E-state index in [1.807, 2.05) is 27.7 Å². The predicted octanol–water partition coefficient (Wildman–Crippen LogP) is 4.25. The first-order chi connectivity index (χ1) is 19.7. The van der Waals surface area contributed by atoms with Crippen molar-refractivity contribution in [1.82, 2.24) is 16.0 Å². The predicted molar refractivity (Wildman–Crippen MR) is 166 cm³/mol. The summed E-state index contributed by atoms with van der Waals surface area (Å²) in [7, 11) is 0. The van der Waals surface area contributed by atoms with Gasteiger partial charge >= 0.3 is 6.09 Å². The lowest BCUT2D eigenvalue weighted by molar-refractivity contribution is -0.127. The first-order valence-electron chi connectivity index (χ1n) is 15.3. The summed E-state index contributed by atoms with van der Waals surface area (Å²) in [6.45, 7) is 16.9. The smallest absolute Gasteiger partial charge is 0.407 e. The van der Waals surface area contributed by atoms with Crippen LogP contribution in [0.15, 0.2) is 24.3 Å². The molecule has 10 heteroatoms. The van der Waals surface area contributed by atoms with Crippen LogP contribution in [0.5, 0.6) is 5.75 Å². The third kappa shape index (κ3) is 13.9. The van der Waals surface area contributed by atoms with Crippen molar-refractivity contribution < 1.29 is 29.0 Å². The highest BCUT2D eigenvalue weighted by Crippen LogP contribution is 2.25. The van der Waals surface area contributed by atoms with E-state index in [4.69, 9.17) is 15.2 Å². The zero-order valence-corrected chi connectivity index (χ0v) is 27.0. The molecule has 10 nitrogen and oxygen atoms in total. The number of carbonyl (C=O) groups excluding carboxylic acids is 3. The fraction of sp³-hybridized carbons (Fsp3) is 0.719. The number of nitrogens with one attached hydrogen (secondary N) is 3. The van der Waals surface area contributed by atoms with E-state index in [1.165, 1.54) is 0 Å². The third-order valence-corrected chi connectivity index (χ3v) is 7.16. The zero-order valence-electron chi connectivity index (χ0n) is 27.0. The third-order valence-electron chi connectivity index (χ3n) is 7.16. The number of carbonyl (C=O) groups is 3. The van der Waals surface area contributed by atoms with Crippen LogP contribution in [0.1, 0.15) is 91.4 Å². The first kappa shape index (κ1) is 37.2. The van der Waals surface area contributed by atoms with E-state index < -0.39 is 29.8 Å². The maximum atomic E-state index is 13.1. The summed E-state index contributed by atoms with van der Waals surface area (Å²) in [5.74, 6) is -0.352. The minimum absolute atomic E-state index is 0.00908. The van der Waals surface area contributed by atoms with E-state index in [0.717, 1.165) is 12.8 Å². The molecule has 42 heavy (non-hydrogen) atoms. The zero-order chi connectivity index (χ0) is 31.9. The Kier molecular flexibility index (Phi) is 16.5. The second-order valence-electron chi connectivity index (χ2n) is 12.6. The fourth-order valence-electron chi connectivity index (χ4n) is 4.58. The molecule has 1 aromatic rings. The van der Waals surface area contributed by atoms with Crippen LogP contribution in [0.4, 0.5) is 4.79 Å². The Balaban J connectivity index is 3.11. The second-order valence-corrected chi connectivity index (χ2v) is 12.6. The van der Waals surface area contributed by atoms with Crippen molar-refractivity contribution in [3.8, 4) is 5.75 Å². The standard InChI is InChI=1S/C32H56N4O6/c1-9-10-16-34-30(39)25(22(4)5)19-27(37)26(36-31(40)42-32(6,7)8)18-23(21(2)3)20-35-29(38)24-13-11-12-14-28(24)41-17-15-33/h11-14,21-23,25-27,37H,9-10,15-20,33H2,1-8H3,(H,34,39)(H,35,38)(H,36,40). The maximum absolute atomic E-state index is 13.1. The molecule has 0 aliphatic carbocycles. The van der Waals surface area contributed by atoms with Crippen molar-refractivity contribution in [3.05, 3.63) is 29.8 Å². The summed E-state index contributed by atoms with van der Waals surface area (Å²) in [4.78, 5) is 38.9. The lowest BCUT2D eigenvalue weighted by atomic mass is 9.82. The van der Waals surface area contributed by atoms with Crippen molar-refractivity contribution in [1.29, 1.82) is 0 Å². The Bertz CT molecular complexity index is 963. The second kappa shape index (κ2) is 18.6. The van der Waals surface area contributed by atoms with Crippen molar-refractivity contribution in [2.24, 2.45) is 29.4 Å². The van der Waals surface area contributed by atoms with Crippen LogP contribution in [0, 0.1) is 23.7 Å². The Morgan fingerprint density at radius 2 is 1.67 bits per heavy atom. The number of aliphatic hydroxyl groups excluding tert-OH is 1. The van der Waals surface area contributed by atoms with Gasteiger partial charge in [-0.05, 0) is 69.9 Å². The lowest BCUT2D eigenvalue weighted by Crippen LogP contribution is -2.49. The SMILES string of the molecule is CCCCNC(=O)C(CC(O)C(CC(CNC(=O)c1ccccc1OCCN)C(C)C)NC(=O)OC(C)(C)C)C(C)C. The summed E-state index contributed by atoms with van der Waals surface area (Å²) in [5, 5.41) is 20.3. The quantitative estimate of drug-likeness (QED) is 0.160. The normalized spacial score (nSPS) is 14.6. The van der Waals surface area contributed by atoms with Crippen molar-refractivity contribution in [3.63, 3.8) is 0 Å². The fourth-order valence-corrected chi connectivity index (χ4v) is 4.58. The molecular weight excluding hydrogens is 536 g/mol. The molecule has 1 aromatic carbocycles.